The molecule has 1 aliphatic heterocycles. The third kappa shape index (κ3) is 1.78. The monoisotopic (exact) mass is 218 g/mol. The molecule has 1 aromatic rings. The van der Waals surface area contributed by atoms with E-state index in [0.717, 1.165) is 43.9 Å². The van der Waals surface area contributed by atoms with E-state index < -0.39 is 0 Å². The predicted molar refractivity (Wildman–Crippen MR) is 63.5 cm³/mol. The fourth-order valence-electron chi connectivity index (χ4n) is 2.64. The first kappa shape index (κ1) is 10.0. The molecule has 1 atom stereocenters. The van der Waals surface area contributed by atoms with Crippen molar-refractivity contribution in [2.24, 2.45) is 5.73 Å². The topological polar surface area (TPSA) is 55.0 Å². The molecule has 0 bridgehead atoms. The molecule has 0 radical (unpaired) electrons. The number of anilines is 1. The third-order valence-electron chi connectivity index (χ3n) is 3.61. The Morgan fingerprint density at radius 2 is 2.06 bits per heavy atom. The van der Waals surface area contributed by atoms with Crippen molar-refractivity contribution in [1.29, 1.82) is 0 Å². The van der Waals surface area contributed by atoms with Crippen LogP contribution in [0.4, 0.5) is 5.82 Å². The number of nitrogens with two attached hydrogens (primary N) is 1. The highest BCUT2D eigenvalue weighted by molar-refractivity contribution is 5.43. The molecule has 1 saturated heterocycles. The maximum atomic E-state index is 5.99. The van der Waals surface area contributed by atoms with Crippen LogP contribution in [0.15, 0.2) is 6.07 Å². The van der Waals surface area contributed by atoms with Crippen LogP contribution >= 0.6 is 0 Å². The predicted octanol–water partition coefficient (Wildman–Crippen LogP) is 0.893. The van der Waals surface area contributed by atoms with Gasteiger partial charge in [0.2, 0.25) is 0 Å². The van der Waals surface area contributed by atoms with Gasteiger partial charge in [-0.25, -0.2) is 0 Å². The molecule has 0 amide bonds. The molecule has 1 aromatic heterocycles. The van der Waals surface area contributed by atoms with Crippen molar-refractivity contribution in [1.82, 2.24) is 10.2 Å². The minimum Gasteiger partial charge on any atom is -0.355 e. The van der Waals surface area contributed by atoms with E-state index in [-0.39, 0.29) is 0 Å². The molecule has 86 valence electrons. The lowest BCUT2D eigenvalue weighted by Gasteiger charge is -2.22. The summed E-state index contributed by atoms with van der Waals surface area (Å²) in [5.74, 6) is 1.05. The van der Waals surface area contributed by atoms with Crippen molar-refractivity contribution in [3.8, 4) is 0 Å². The second-order valence-corrected chi connectivity index (χ2v) is 4.87. The average Bonchev–Trinajstić information content (AvgIpc) is 2.81. The van der Waals surface area contributed by atoms with Crippen molar-refractivity contribution in [2.75, 3.05) is 18.0 Å². The lowest BCUT2D eigenvalue weighted by Crippen LogP contribution is -2.29. The van der Waals surface area contributed by atoms with Crippen molar-refractivity contribution < 1.29 is 0 Å². The molecule has 2 aliphatic rings. The largest absolute Gasteiger partial charge is 0.355 e. The van der Waals surface area contributed by atoms with E-state index in [0.29, 0.717) is 6.04 Å². The van der Waals surface area contributed by atoms with Crippen LogP contribution in [0.3, 0.4) is 0 Å². The van der Waals surface area contributed by atoms with Gasteiger partial charge in [0, 0.05) is 19.1 Å². The maximum absolute atomic E-state index is 5.99. The Labute approximate surface area is 95.8 Å². The molecule has 16 heavy (non-hydrogen) atoms. The summed E-state index contributed by atoms with van der Waals surface area (Å²) >= 11 is 0. The highest BCUT2D eigenvalue weighted by Crippen LogP contribution is 2.23. The molecular formula is C12H18N4. The molecule has 4 heteroatoms. The number of hydrogen-bond acceptors (Lipinski definition) is 4. The second-order valence-electron chi connectivity index (χ2n) is 4.87. The molecule has 4 nitrogen and oxygen atoms in total. The van der Waals surface area contributed by atoms with Crippen molar-refractivity contribution in [3.05, 3.63) is 17.3 Å². The van der Waals surface area contributed by atoms with Crippen LogP contribution in [0.25, 0.3) is 0 Å². The van der Waals surface area contributed by atoms with Crippen LogP contribution in [-0.2, 0) is 12.8 Å². The number of rotatable bonds is 1. The van der Waals surface area contributed by atoms with Gasteiger partial charge in [-0.05, 0) is 43.7 Å². The molecule has 1 unspecified atom stereocenters. The second kappa shape index (κ2) is 4.01. The SMILES string of the molecule is NC1CCc2nnc(N3CCCC3)cc2C1. The van der Waals surface area contributed by atoms with E-state index in [4.69, 9.17) is 5.73 Å². The zero-order chi connectivity index (χ0) is 11.0. The van der Waals surface area contributed by atoms with E-state index >= 15 is 0 Å². The zero-order valence-corrected chi connectivity index (χ0v) is 9.52. The van der Waals surface area contributed by atoms with Gasteiger partial charge in [0.25, 0.3) is 0 Å². The summed E-state index contributed by atoms with van der Waals surface area (Å²) in [6, 6.07) is 2.51. The van der Waals surface area contributed by atoms with E-state index in [2.05, 4.69) is 21.2 Å². The Morgan fingerprint density at radius 1 is 1.25 bits per heavy atom. The summed E-state index contributed by atoms with van der Waals surface area (Å²) < 4.78 is 0. The van der Waals surface area contributed by atoms with Gasteiger partial charge in [-0.15, -0.1) is 5.10 Å². The summed E-state index contributed by atoms with van der Waals surface area (Å²) in [5.41, 5.74) is 8.46. The first-order chi connectivity index (χ1) is 7.83. The summed E-state index contributed by atoms with van der Waals surface area (Å²) in [6.45, 7) is 2.25. The molecule has 0 saturated carbocycles. The van der Waals surface area contributed by atoms with Crippen LogP contribution in [0.1, 0.15) is 30.5 Å². The third-order valence-corrected chi connectivity index (χ3v) is 3.61. The summed E-state index contributed by atoms with van der Waals surface area (Å²) in [5, 5.41) is 8.69. The van der Waals surface area contributed by atoms with Crippen molar-refractivity contribution >= 4 is 5.82 Å². The zero-order valence-electron chi connectivity index (χ0n) is 9.52. The van der Waals surface area contributed by atoms with Gasteiger partial charge in [0.15, 0.2) is 5.82 Å². The van der Waals surface area contributed by atoms with Crippen molar-refractivity contribution in [3.63, 3.8) is 0 Å². The first-order valence-corrected chi connectivity index (χ1v) is 6.19. The van der Waals surface area contributed by atoms with Gasteiger partial charge in [-0.3, -0.25) is 0 Å². The minimum atomic E-state index is 0.308. The maximum Gasteiger partial charge on any atom is 0.151 e. The number of aromatic nitrogens is 2. The molecule has 1 aliphatic carbocycles. The molecule has 0 spiro atoms. The molecule has 0 aromatic carbocycles. The Morgan fingerprint density at radius 3 is 2.88 bits per heavy atom. The van der Waals surface area contributed by atoms with Crippen LogP contribution < -0.4 is 10.6 Å². The van der Waals surface area contributed by atoms with E-state index in [1.807, 2.05) is 0 Å². The molecular weight excluding hydrogens is 200 g/mol. The Kier molecular flexibility index (Phi) is 2.52. The van der Waals surface area contributed by atoms with E-state index in [9.17, 15) is 0 Å². The van der Waals surface area contributed by atoms with Gasteiger partial charge in [0.05, 0.1) is 5.69 Å². The fourth-order valence-corrected chi connectivity index (χ4v) is 2.64. The lowest BCUT2D eigenvalue weighted by molar-refractivity contribution is 0.560. The molecule has 2 N–H and O–H groups in total. The summed E-state index contributed by atoms with van der Waals surface area (Å²) in [7, 11) is 0. The van der Waals surface area contributed by atoms with Crippen LogP contribution in [0.5, 0.6) is 0 Å². The van der Waals surface area contributed by atoms with Gasteiger partial charge in [0.1, 0.15) is 0 Å². The Bertz CT molecular complexity index is 385. The molecule has 2 heterocycles. The van der Waals surface area contributed by atoms with Gasteiger partial charge >= 0.3 is 0 Å². The summed E-state index contributed by atoms with van der Waals surface area (Å²) in [4.78, 5) is 2.33. The molecule has 1 fully saturated rings. The van der Waals surface area contributed by atoms with E-state index in [1.165, 1.54) is 18.4 Å². The van der Waals surface area contributed by atoms with Gasteiger partial charge < -0.3 is 10.6 Å². The fraction of sp³-hybridized carbons (Fsp3) is 0.667. The number of hydrogen-bond donors (Lipinski definition) is 1. The number of fused-ring (bicyclic) bond motifs is 1. The first-order valence-electron chi connectivity index (χ1n) is 6.19. The van der Waals surface area contributed by atoms with Crippen LogP contribution in [-0.4, -0.2) is 29.3 Å². The minimum absolute atomic E-state index is 0.308. The average molecular weight is 218 g/mol. The smallest absolute Gasteiger partial charge is 0.151 e. The quantitative estimate of drug-likeness (QED) is 0.760. The van der Waals surface area contributed by atoms with Crippen LogP contribution in [0.2, 0.25) is 0 Å². The highest BCUT2D eigenvalue weighted by Gasteiger charge is 2.20. The Hall–Kier alpha value is -1.16. The standard InChI is InChI=1S/C12H18N4/c13-10-3-4-11-9(7-10)8-12(15-14-11)16-5-1-2-6-16/h8,10H,1-7,13H2. The van der Waals surface area contributed by atoms with Crippen molar-refractivity contribution in [2.45, 2.75) is 38.1 Å². The van der Waals surface area contributed by atoms with Gasteiger partial charge in [-0.1, -0.05) is 0 Å². The normalized spacial score (nSPS) is 24.6. The molecule has 3 rings (SSSR count). The number of aryl methyl sites for hydroxylation is 1. The van der Waals surface area contributed by atoms with E-state index in [1.54, 1.807) is 0 Å². The lowest BCUT2D eigenvalue weighted by atomic mass is 9.93. The van der Waals surface area contributed by atoms with Gasteiger partial charge in [-0.2, -0.15) is 5.10 Å². The van der Waals surface area contributed by atoms with Crippen LogP contribution in [0, 0.1) is 0 Å². The highest BCUT2D eigenvalue weighted by atomic mass is 15.3. The number of nitrogens with zero attached hydrogens (tertiary/aromatic N) is 3. The Balaban J connectivity index is 1.88. The summed E-state index contributed by atoms with van der Waals surface area (Å²) in [6.07, 6.45) is 5.55.